The molecule has 4 rings (SSSR count). The van der Waals surface area contributed by atoms with E-state index in [1.807, 2.05) is 25.7 Å². The second kappa shape index (κ2) is 8.12. The number of ether oxygens (including phenoxy) is 2. The maximum Gasteiger partial charge on any atom is 0.412 e. The lowest BCUT2D eigenvalue weighted by atomic mass is 9.87. The van der Waals surface area contributed by atoms with Crippen LogP contribution in [0.15, 0.2) is 12.1 Å². The van der Waals surface area contributed by atoms with E-state index in [9.17, 15) is 14.9 Å². The molecule has 9 heteroatoms. The summed E-state index contributed by atoms with van der Waals surface area (Å²) in [6.45, 7) is 12.0. The smallest absolute Gasteiger partial charge is 0.412 e. The number of fused-ring (bicyclic) bond motifs is 2. The van der Waals surface area contributed by atoms with Crippen molar-refractivity contribution in [2.24, 2.45) is 0 Å². The number of piperazine rings is 1. The second-order valence-electron chi connectivity index (χ2n) is 9.93. The van der Waals surface area contributed by atoms with Crippen LogP contribution in [0, 0.1) is 11.3 Å². The summed E-state index contributed by atoms with van der Waals surface area (Å²) in [4.78, 5) is 28.5. The number of carbonyl (C=O) groups is 2. The third kappa shape index (κ3) is 5.34. The van der Waals surface area contributed by atoms with Gasteiger partial charge in [-0.05, 0) is 60.1 Å². The van der Waals surface area contributed by atoms with Crippen molar-refractivity contribution in [1.82, 2.24) is 4.90 Å². The second-order valence-corrected chi connectivity index (χ2v) is 10.3. The Balaban J connectivity index is 1.78. The Morgan fingerprint density at radius 3 is 2.19 bits per heavy atom. The molecule has 0 aliphatic carbocycles. The zero-order valence-electron chi connectivity index (χ0n) is 18.8. The molecular formula is C22H29ClN4O4. The first-order valence-electron chi connectivity index (χ1n) is 10.3. The van der Waals surface area contributed by atoms with Crippen molar-refractivity contribution in [2.75, 3.05) is 23.3 Å². The summed E-state index contributed by atoms with van der Waals surface area (Å²) in [6, 6.07) is 5.35. The average Bonchev–Trinajstić information content (AvgIpc) is 2.60. The molecule has 2 amide bonds. The molecule has 0 saturated carbocycles. The van der Waals surface area contributed by atoms with Crippen molar-refractivity contribution >= 4 is 35.2 Å². The van der Waals surface area contributed by atoms with Gasteiger partial charge in [0.1, 0.15) is 11.2 Å². The number of benzene rings is 1. The number of nitrogens with one attached hydrogen (secondary N) is 1. The average molecular weight is 449 g/mol. The van der Waals surface area contributed by atoms with E-state index >= 15 is 0 Å². The third-order valence-electron chi connectivity index (χ3n) is 4.96. The molecule has 0 aromatic heterocycles. The minimum Gasteiger partial charge on any atom is -0.444 e. The zero-order valence-corrected chi connectivity index (χ0v) is 19.5. The van der Waals surface area contributed by atoms with Crippen molar-refractivity contribution < 1.29 is 19.1 Å². The number of carbonyl (C=O) groups excluding carboxylic acids is 2. The maximum atomic E-state index is 12.5. The van der Waals surface area contributed by atoms with Crippen LogP contribution >= 0.6 is 11.6 Å². The summed E-state index contributed by atoms with van der Waals surface area (Å²) >= 11 is 6.61. The van der Waals surface area contributed by atoms with Gasteiger partial charge >= 0.3 is 12.2 Å². The van der Waals surface area contributed by atoms with Gasteiger partial charge < -0.3 is 14.4 Å². The zero-order chi connectivity index (χ0) is 23.1. The van der Waals surface area contributed by atoms with E-state index in [0.717, 1.165) is 6.42 Å². The van der Waals surface area contributed by atoms with Crippen molar-refractivity contribution in [3.63, 3.8) is 0 Å². The first-order valence-corrected chi connectivity index (χ1v) is 10.6. The van der Waals surface area contributed by atoms with Crippen LogP contribution in [0.2, 0.25) is 5.02 Å². The van der Waals surface area contributed by atoms with Crippen LogP contribution in [0.25, 0.3) is 0 Å². The number of anilines is 2. The topological polar surface area (TPSA) is 94.9 Å². The van der Waals surface area contributed by atoms with Gasteiger partial charge in [0.05, 0.1) is 40.1 Å². The lowest BCUT2D eigenvalue weighted by molar-refractivity contribution is -0.0379. The summed E-state index contributed by atoms with van der Waals surface area (Å²) in [7, 11) is 0. The Morgan fingerprint density at radius 1 is 1.10 bits per heavy atom. The largest absolute Gasteiger partial charge is 0.444 e. The maximum absolute atomic E-state index is 12.5. The van der Waals surface area contributed by atoms with Gasteiger partial charge in [-0.2, -0.15) is 5.26 Å². The molecule has 2 atom stereocenters. The lowest BCUT2D eigenvalue weighted by Crippen LogP contribution is -2.70. The molecule has 8 nitrogen and oxygen atoms in total. The predicted octanol–water partition coefficient (Wildman–Crippen LogP) is 4.76. The fourth-order valence-electron chi connectivity index (χ4n) is 3.83. The van der Waals surface area contributed by atoms with Gasteiger partial charge in [-0.15, -0.1) is 0 Å². The molecule has 1 aromatic carbocycles. The van der Waals surface area contributed by atoms with Gasteiger partial charge in [0.2, 0.25) is 0 Å². The SMILES string of the molecule is CC(C)(C)OC(=O)Nc1cc(C#N)cc(N2CC3CC(C2)N3C(=O)OC(C)(C)C)c1Cl. The molecule has 0 radical (unpaired) electrons. The van der Waals surface area contributed by atoms with Crippen LogP contribution in [0.5, 0.6) is 0 Å². The lowest BCUT2D eigenvalue weighted by Gasteiger charge is -2.56. The number of hydrogen-bond acceptors (Lipinski definition) is 6. The fraction of sp³-hybridized carbons (Fsp3) is 0.591. The Labute approximate surface area is 188 Å². The summed E-state index contributed by atoms with van der Waals surface area (Å²) in [6.07, 6.45) is -0.0560. The van der Waals surface area contributed by atoms with Gasteiger partial charge in [0.25, 0.3) is 0 Å². The quantitative estimate of drug-likeness (QED) is 0.701. The number of nitriles is 1. The van der Waals surface area contributed by atoms with E-state index in [0.29, 0.717) is 35.1 Å². The fourth-order valence-corrected chi connectivity index (χ4v) is 4.10. The third-order valence-corrected chi connectivity index (χ3v) is 5.35. The van der Waals surface area contributed by atoms with Crippen molar-refractivity contribution in [2.45, 2.75) is 71.2 Å². The molecule has 3 heterocycles. The first kappa shape index (κ1) is 23.0. The highest BCUT2D eigenvalue weighted by Gasteiger charge is 2.49. The van der Waals surface area contributed by atoms with Crippen LogP contribution < -0.4 is 10.2 Å². The molecule has 1 N–H and O–H groups in total. The molecule has 1 aromatic rings. The minimum absolute atomic E-state index is 0.0117. The summed E-state index contributed by atoms with van der Waals surface area (Å²) in [5.41, 5.74) is 0.117. The number of rotatable bonds is 2. The monoisotopic (exact) mass is 448 g/mol. The molecule has 3 aliphatic heterocycles. The Morgan fingerprint density at radius 2 is 1.68 bits per heavy atom. The molecule has 0 spiro atoms. The van der Waals surface area contributed by atoms with Gasteiger partial charge in [0, 0.05) is 13.1 Å². The number of amides is 2. The van der Waals surface area contributed by atoms with Gasteiger partial charge in [0.15, 0.2) is 0 Å². The minimum atomic E-state index is -0.661. The molecule has 168 valence electrons. The number of hydrogen-bond donors (Lipinski definition) is 1. The molecule has 3 fully saturated rings. The highest BCUT2D eigenvalue weighted by atomic mass is 35.5. The van der Waals surface area contributed by atoms with Crippen molar-refractivity contribution in [1.29, 1.82) is 5.26 Å². The number of halogens is 1. The van der Waals surface area contributed by atoms with E-state index in [1.54, 1.807) is 31.7 Å². The predicted molar refractivity (Wildman–Crippen MR) is 119 cm³/mol. The highest BCUT2D eigenvalue weighted by molar-refractivity contribution is 6.36. The van der Waals surface area contributed by atoms with Gasteiger partial charge in [-0.1, -0.05) is 11.6 Å². The molecule has 2 bridgehead atoms. The molecule has 3 aliphatic rings. The summed E-state index contributed by atoms with van der Waals surface area (Å²) < 4.78 is 10.8. The van der Waals surface area contributed by atoms with E-state index in [1.165, 1.54) is 6.07 Å². The molecule has 2 unspecified atom stereocenters. The standard InChI is InChI=1S/C22H29ClN4O4/c1-21(2,3)30-19(28)25-16-7-13(10-24)8-17(18(16)23)26-11-14-9-15(12-26)27(14)20(29)31-22(4,5)6/h7-8,14-15H,9,11-12H2,1-6H3,(H,25,28). The Kier molecular flexibility index (Phi) is 6.03. The summed E-state index contributed by atoms with van der Waals surface area (Å²) in [5, 5.41) is 12.4. The van der Waals surface area contributed by atoms with E-state index < -0.39 is 17.3 Å². The van der Waals surface area contributed by atoms with Crippen LogP contribution in [0.3, 0.4) is 0 Å². The van der Waals surface area contributed by atoms with Gasteiger partial charge in [-0.25, -0.2) is 9.59 Å². The van der Waals surface area contributed by atoms with Crippen LogP contribution in [-0.4, -0.2) is 53.5 Å². The number of piperidine rings is 1. The van der Waals surface area contributed by atoms with Crippen LogP contribution in [0.4, 0.5) is 21.0 Å². The molecule has 3 saturated heterocycles. The van der Waals surface area contributed by atoms with E-state index in [-0.39, 0.29) is 18.2 Å². The first-order chi connectivity index (χ1) is 14.3. The van der Waals surface area contributed by atoms with E-state index in [2.05, 4.69) is 11.4 Å². The molecular weight excluding hydrogens is 420 g/mol. The molecule has 31 heavy (non-hydrogen) atoms. The Hall–Kier alpha value is -2.66. The van der Waals surface area contributed by atoms with Gasteiger partial charge in [-0.3, -0.25) is 10.2 Å². The van der Waals surface area contributed by atoms with Crippen LogP contribution in [0.1, 0.15) is 53.5 Å². The van der Waals surface area contributed by atoms with Crippen molar-refractivity contribution in [3.05, 3.63) is 22.7 Å². The highest BCUT2D eigenvalue weighted by Crippen LogP contribution is 2.41. The van der Waals surface area contributed by atoms with E-state index in [4.69, 9.17) is 21.1 Å². The Bertz CT molecular complexity index is 917. The normalized spacial score (nSPS) is 20.5. The van der Waals surface area contributed by atoms with Crippen molar-refractivity contribution in [3.8, 4) is 6.07 Å². The summed E-state index contributed by atoms with van der Waals surface area (Å²) in [5.74, 6) is 0. The van der Waals surface area contributed by atoms with Crippen LogP contribution in [-0.2, 0) is 9.47 Å². The number of nitrogens with zero attached hydrogens (tertiary/aromatic N) is 3.